The van der Waals surface area contributed by atoms with Gasteiger partial charge in [-0.25, -0.2) is 0 Å². The molecule has 4 heteroatoms. The smallest absolute Gasteiger partial charge is 0.221 e. The van der Waals surface area contributed by atoms with E-state index in [2.05, 4.69) is 72.2 Å². The van der Waals surface area contributed by atoms with E-state index in [1.54, 1.807) is 7.11 Å². The second-order valence-electron chi connectivity index (χ2n) is 7.96. The quantitative estimate of drug-likeness (QED) is 0.365. The molecule has 0 aliphatic carbocycles. The van der Waals surface area contributed by atoms with E-state index in [1.165, 1.54) is 23.3 Å². The second-order valence-corrected chi connectivity index (χ2v) is 7.96. The van der Waals surface area contributed by atoms with Crippen LogP contribution in [0, 0.1) is 0 Å². The molecule has 4 nitrogen and oxygen atoms in total. The molecule has 0 heterocycles. The van der Waals surface area contributed by atoms with Crippen LogP contribution in [0.15, 0.2) is 84.9 Å². The van der Waals surface area contributed by atoms with Gasteiger partial charge in [0.2, 0.25) is 5.91 Å². The Hall–Kier alpha value is -3.63. The summed E-state index contributed by atoms with van der Waals surface area (Å²) in [6.07, 6.45) is 0. The molecule has 0 unspecified atom stereocenters. The summed E-state index contributed by atoms with van der Waals surface area (Å²) in [6, 6.07) is 29.2. The number of benzene rings is 4. The SMILES string of the molecule is COc1ccc(-c2cc(CN[C@H](C)c3cccc4ccccc34)ccc2NC(C)=O)cc1. The zero-order chi connectivity index (χ0) is 22.5. The highest BCUT2D eigenvalue weighted by Crippen LogP contribution is 2.31. The molecule has 0 aliphatic rings. The summed E-state index contributed by atoms with van der Waals surface area (Å²) >= 11 is 0. The van der Waals surface area contributed by atoms with Crippen molar-refractivity contribution in [3.05, 3.63) is 96.1 Å². The molecule has 2 N–H and O–H groups in total. The van der Waals surface area contributed by atoms with Crippen LogP contribution in [0.4, 0.5) is 5.69 Å². The minimum absolute atomic E-state index is 0.0878. The number of carbonyl (C=O) groups is 1. The minimum Gasteiger partial charge on any atom is -0.497 e. The standard InChI is InChI=1S/C28H28N2O2/c1-19(25-10-6-8-22-7-4-5-9-26(22)25)29-18-21-11-16-28(30-20(2)31)27(17-21)23-12-14-24(32-3)15-13-23/h4-17,19,29H,18H2,1-3H3,(H,30,31)/t19-/m1/s1. The van der Waals surface area contributed by atoms with Gasteiger partial charge in [0.05, 0.1) is 7.11 Å². The molecule has 0 fully saturated rings. The fraction of sp³-hybridized carbons (Fsp3) is 0.179. The molecule has 0 bridgehead atoms. The molecule has 0 aromatic heterocycles. The lowest BCUT2D eigenvalue weighted by molar-refractivity contribution is -0.114. The first-order valence-electron chi connectivity index (χ1n) is 10.8. The highest BCUT2D eigenvalue weighted by atomic mass is 16.5. The number of rotatable bonds is 7. The summed E-state index contributed by atoms with van der Waals surface area (Å²) in [5, 5.41) is 9.13. The number of hydrogen-bond donors (Lipinski definition) is 2. The molecule has 0 radical (unpaired) electrons. The van der Waals surface area contributed by atoms with E-state index >= 15 is 0 Å². The van der Waals surface area contributed by atoms with Crippen LogP contribution in [0.1, 0.15) is 31.0 Å². The third-order valence-corrected chi connectivity index (χ3v) is 5.70. The van der Waals surface area contributed by atoms with Gasteiger partial charge >= 0.3 is 0 Å². The summed E-state index contributed by atoms with van der Waals surface area (Å²) in [6.45, 7) is 4.44. The Balaban J connectivity index is 1.58. The Morgan fingerprint density at radius 1 is 0.938 bits per heavy atom. The van der Waals surface area contributed by atoms with Crippen LogP contribution in [-0.4, -0.2) is 13.0 Å². The van der Waals surface area contributed by atoms with E-state index in [0.29, 0.717) is 6.54 Å². The van der Waals surface area contributed by atoms with Crippen molar-refractivity contribution in [1.82, 2.24) is 5.32 Å². The van der Waals surface area contributed by atoms with Crippen LogP contribution in [0.2, 0.25) is 0 Å². The van der Waals surface area contributed by atoms with Gasteiger partial charge in [-0.1, -0.05) is 60.7 Å². The lowest BCUT2D eigenvalue weighted by Gasteiger charge is -2.18. The van der Waals surface area contributed by atoms with Crippen LogP contribution < -0.4 is 15.4 Å². The van der Waals surface area contributed by atoms with E-state index in [-0.39, 0.29) is 11.9 Å². The number of ether oxygens (including phenoxy) is 1. The third-order valence-electron chi connectivity index (χ3n) is 5.70. The van der Waals surface area contributed by atoms with Gasteiger partial charge in [0.25, 0.3) is 0 Å². The minimum atomic E-state index is -0.0878. The predicted molar refractivity (Wildman–Crippen MR) is 132 cm³/mol. The number of carbonyl (C=O) groups excluding carboxylic acids is 1. The Labute approximate surface area is 189 Å². The normalized spacial score (nSPS) is 11.8. The maximum absolute atomic E-state index is 11.7. The zero-order valence-corrected chi connectivity index (χ0v) is 18.7. The van der Waals surface area contributed by atoms with Crippen molar-refractivity contribution < 1.29 is 9.53 Å². The van der Waals surface area contributed by atoms with Crippen molar-refractivity contribution in [2.24, 2.45) is 0 Å². The Kier molecular flexibility index (Phi) is 6.52. The van der Waals surface area contributed by atoms with Gasteiger partial charge in [0.15, 0.2) is 0 Å². The largest absolute Gasteiger partial charge is 0.497 e. The summed E-state index contributed by atoms with van der Waals surface area (Å²) in [4.78, 5) is 11.7. The Morgan fingerprint density at radius 3 is 2.44 bits per heavy atom. The van der Waals surface area contributed by atoms with E-state index in [0.717, 1.165) is 28.1 Å². The maximum Gasteiger partial charge on any atom is 0.221 e. The molecule has 162 valence electrons. The summed E-state index contributed by atoms with van der Waals surface area (Å²) in [5.74, 6) is 0.715. The first kappa shape index (κ1) is 21.6. The van der Waals surface area contributed by atoms with Crippen molar-refractivity contribution >= 4 is 22.4 Å². The second kappa shape index (κ2) is 9.67. The van der Waals surface area contributed by atoms with Crippen LogP contribution in [0.3, 0.4) is 0 Å². The first-order valence-corrected chi connectivity index (χ1v) is 10.8. The van der Waals surface area contributed by atoms with Crippen LogP contribution in [0.5, 0.6) is 5.75 Å². The van der Waals surface area contributed by atoms with Crippen LogP contribution in [0.25, 0.3) is 21.9 Å². The molecular formula is C28H28N2O2. The van der Waals surface area contributed by atoms with Crippen molar-refractivity contribution in [3.8, 4) is 16.9 Å². The predicted octanol–water partition coefficient (Wildman–Crippen LogP) is 6.32. The fourth-order valence-electron chi connectivity index (χ4n) is 4.02. The maximum atomic E-state index is 11.7. The number of amides is 1. The number of methoxy groups -OCH3 is 1. The van der Waals surface area contributed by atoms with Gasteiger partial charge < -0.3 is 15.4 Å². The van der Waals surface area contributed by atoms with Crippen molar-refractivity contribution in [2.45, 2.75) is 26.4 Å². The molecule has 4 aromatic carbocycles. The zero-order valence-electron chi connectivity index (χ0n) is 18.7. The van der Waals surface area contributed by atoms with Crippen LogP contribution >= 0.6 is 0 Å². The van der Waals surface area contributed by atoms with Crippen molar-refractivity contribution in [3.63, 3.8) is 0 Å². The summed E-state index contributed by atoms with van der Waals surface area (Å²) in [5.41, 5.74) is 5.25. The molecule has 0 spiro atoms. The lowest BCUT2D eigenvalue weighted by Crippen LogP contribution is -2.18. The molecule has 32 heavy (non-hydrogen) atoms. The molecule has 0 saturated carbocycles. The molecule has 1 atom stereocenters. The topological polar surface area (TPSA) is 50.4 Å². The van der Waals surface area contributed by atoms with Crippen LogP contribution in [-0.2, 0) is 11.3 Å². The highest BCUT2D eigenvalue weighted by Gasteiger charge is 2.11. The van der Waals surface area contributed by atoms with Gasteiger partial charge in [-0.2, -0.15) is 0 Å². The van der Waals surface area contributed by atoms with Crippen molar-refractivity contribution in [2.75, 3.05) is 12.4 Å². The molecule has 1 amide bonds. The molecule has 0 saturated heterocycles. The van der Waals surface area contributed by atoms with E-state index in [9.17, 15) is 4.79 Å². The molecule has 4 aromatic rings. The summed E-state index contributed by atoms with van der Waals surface area (Å²) in [7, 11) is 1.65. The van der Waals surface area contributed by atoms with E-state index in [1.807, 2.05) is 30.3 Å². The van der Waals surface area contributed by atoms with Gasteiger partial charge in [0.1, 0.15) is 5.75 Å². The summed E-state index contributed by atoms with van der Waals surface area (Å²) < 4.78 is 5.28. The number of fused-ring (bicyclic) bond motifs is 1. The number of nitrogens with one attached hydrogen (secondary N) is 2. The van der Waals surface area contributed by atoms with Gasteiger partial charge in [-0.05, 0) is 58.7 Å². The Morgan fingerprint density at radius 2 is 1.69 bits per heavy atom. The molecular weight excluding hydrogens is 396 g/mol. The van der Waals surface area contributed by atoms with E-state index in [4.69, 9.17) is 4.74 Å². The fourth-order valence-corrected chi connectivity index (χ4v) is 4.02. The van der Waals surface area contributed by atoms with Gasteiger partial charge in [0, 0.05) is 30.8 Å². The Bertz CT molecular complexity index is 1230. The van der Waals surface area contributed by atoms with Gasteiger partial charge in [-0.15, -0.1) is 0 Å². The first-order chi connectivity index (χ1) is 15.5. The number of hydrogen-bond acceptors (Lipinski definition) is 3. The highest BCUT2D eigenvalue weighted by molar-refractivity contribution is 5.94. The average Bonchev–Trinajstić information content (AvgIpc) is 2.82. The lowest BCUT2D eigenvalue weighted by atomic mass is 9.98. The van der Waals surface area contributed by atoms with E-state index < -0.39 is 0 Å². The molecule has 0 aliphatic heterocycles. The van der Waals surface area contributed by atoms with Gasteiger partial charge in [-0.3, -0.25) is 4.79 Å². The third kappa shape index (κ3) is 4.82. The monoisotopic (exact) mass is 424 g/mol. The van der Waals surface area contributed by atoms with Crippen molar-refractivity contribution in [1.29, 1.82) is 0 Å². The average molecular weight is 425 g/mol. The molecule has 4 rings (SSSR count). The number of anilines is 1.